The van der Waals surface area contributed by atoms with Crippen molar-refractivity contribution in [3.05, 3.63) is 34.3 Å². The van der Waals surface area contributed by atoms with Gasteiger partial charge in [0.25, 0.3) is 0 Å². The maximum absolute atomic E-state index is 11.8. The number of halogens is 1. The third-order valence-electron chi connectivity index (χ3n) is 4.37. The highest BCUT2D eigenvalue weighted by molar-refractivity contribution is 9.09. The molecule has 1 aliphatic rings. The molecule has 0 spiro atoms. The molecule has 21 heavy (non-hydrogen) atoms. The maximum Gasteiger partial charge on any atom is 0.419 e. The monoisotopic (exact) mass is 353 g/mol. The van der Waals surface area contributed by atoms with Gasteiger partial charge in [-0.2, -0.15) is 0 Å². The van der Waals surface area contributed by atoms with Crippen molar-refractivity contribution in [1.29, 1.82) is 0 Å². The zero-order chi connectivity index (χ0) is 15.0. The van der Waals surface area contributed by atoms with E-state index in [-0.39, 0.29) is 10.6 Å². The Morgan fingerprint density at radius 3 is 2.95 bits per heavy atom. The first-order valence-electron chi connectivity index (χ1n) is 7.54. The fourth-order valence-electron chi connectivity index (χ4n) is 3.22. The van der Waals surface area contributed by atoms with Gasteiger partial charge in [0.1, 0.15) is 0 Å². The number of ether oxygens (including phenoxy) is 1. The van der Waals surface area contributed by atoms with Crippen LogP contribution in [0.2, 0.25) is 0 Å². The summed E-state index contributed by atoms with van der Waals surface area (Å²) in [4.78, 5) is 12.0. The van der Waals surface area contributed by atoms with E-state index in [0.29, 0.717) is 24.1 Å². The number of benzene rings is 1. The Balaban J connectivity index is 1.95. The van der Waals surface area contributed by atoms with Gasteiger partial charge in [0, 0.05) is 23.9 Å². The molecule has 3 rings (SSSR count). The number of nitrogens with zero attached hydrogens (tertiary/aromatic N) is 1. The topological polar surface area (TPSA) is 44.4 Å². The zero-order valence-electron chi connectivity index (χ0n) is 12.3. The standard InChI is InChI=1S/C16H20BrNO3/c1-3-13-11(7-8-20-13)15(17)10-5-6-12-14(9-10)21-16(19)18(12)4-2/h5-6,9,11,13,15H,3-4,7-8H2,1-2H3. The smallest absolute Gasteiger partial charge is 0.408 e. The maximum atomic E-state index is 11.8. The molecule has 0 saturated carbocycles. The summed E-state index contributed by atoms with van der Waals surface area (Å²) in [5, 5.41) is 0. The number of alkyl halides is 1. The fourth-order valence-corrected chi connectivity index (χ4v) is 4.11. The van der Waals surface area contributed by atoms with Crippen LogP contribution in [0.1, 0.15) is 37.1 Å². The summed E-state index contributed by atoms with van der Waals surface area (Å²) in [6.07, 6.45) is 2.39. The molecule has 4 nitrogen and oxygen atoms in total. The van der Waals surface area contributed by atoms with Crippen LogP contribution in [-0.4, -0.2) is 17.3 Å². The van der Waals surface area contributed by atoms with Crippen LogP contribution in [-0.2, 0) is 11.3 Å². The van der Waals surface area contributed by atoms with Crippen LogP contribution in [0.3, 0.4) is 0 Å². The van der Waals surface area contributed by atoms with E-state index in [1.807, 2.05) is 19.1 Å². The van der Waals surface area contributed by atoms with Crippen LogP contribution < -0.4 is 5.76 Å². The molecule has 3 unspecified atom stereocenters. The highest BCUT2D eigenvalue weighted by atomic mass is 79.9. The van der Waals surface area contributed by atoms with E-state index in [0.717, 1.165) is 30.5 Å². The highest BCUT2D eigenvalue weighted by Gasteiger charge is 2.33. The fraction of sp³-hybridized carbons (Fsp3) is 0.562. The lowest BCUT2D eigenvalue weighted by atomic mass is 9.91. The molecule has 1 fully saturated rings. The minimum Gasteiger partial charge on any atom is -0.408 e. The predicted octanol–water partition coefficient (Wildman–Crippen LogP) is 3.87. The van der Waals surface area contributed by atoms with Gasteiger partial charge in [-0.3, -0.25) is 4.57 Å². The van der Waals surface area contributed by atoms with Crippen LogP contribution in [0.25, 0.3) is 11.1 Å². The summed E-state index contributed by atoms with van der Waals surface area (Å²) < 4.78 is 12.8. The summed E-state index contributed by atoms with van der Waals surface area (Å²) in [6.45, 7) is 5.55. The van der Waals surface area contributed by atoms with Gasteiger partial charge in [-0.1, -0.05) is 28.9 Å². The van der Waals surface area contributed by atoms with Crippen molar-refractivity contribution in [1.82, 2.24) is 4.57 Å². The lowest BCUT2D eigenvalue weighted by molar-refractivity contribution is 0.0873. The molecule has 1 saturated heterocycles. The van der Waals surface area contributed by atoms with E-state index in [2.05, 4.69) is 28.9 Å². The Labute approximate surface area is 132 Å². The van der Waals surface area contributed by atoms with Gasteiger partial charge in [-0.15, -0.1) is 0 Å². The highest BCUT2D eigenvalue weighted by Crippen LogP contribution is 2.41. The SMILES string of the molecule is CCC1OCCC1C(Br)c1ccc2c(c1)oc(=O)n2CC. The van der Waals surface area contributed by atoms with Crippen molar-refractivity contribution < 1.29 is 9.15 Å². The molecule has 0 bridgehead atoms. The van der Waals surface area contributed by atoms with Gasteiger partial charge in [0.05, 0.1) is 11.6 Å². The Hall–Kier alpha value is -1.07. The summed E-state index contributed by atoms with van der Waals surface area (Å²) in [6, 6.07) is 6.03. The van der Waals surface area contributed by atoms with Crippen molar-refractivity contribution in [3.8, 4) is 0 Å². The van der Waals surface area contributed by atoms with Crippen molar-refractivity contribution in [2.24, 2.45) is 5.92 Å². The first kappa shape index (κ1) is 14.9. The molecular weight excluding hydrogens is 334 g/mol. The summed E-state index contributed by atoms with van der Waals surface area (Å²) in [5.41, 5.74) is 2.67. The minimum atomic E-state index is -0.286. The van der Waals surface area contributed by atoms with Crippen molar-refractivity contribution in [3.63, 3.8) is 0 Å². The molecule has 0 aliphatic carbocycles. The van der Waals surface area contributed by atoms with Crippen molar-refractivity contribution in [2.45, 2.75) is 44.2 Å². The molecule has 0 N–H and O–H groups in total. The number of hydrogen-bond donors (Lipinski definition) is 0. The number of aryl methyl sites for hydroxylation is 1. The second kappa shape index (κ2) is 5.97. The number of hydrogen-bond acceptors (Lipinski definition) is 3. The molecule has 2 aromatic rings. The lowest BCUT2D eigenvalue weighted by Crippen LogP contribution is -2.18. The van der Waals surface area contributed by atoms with Crippen LogP contribution in [0.4, 0.5) is 0 Å². The third kappa shape index (κ3) is 2.57. The zero-order valence-corrected chi connectivity index (χ0v) is 13.9. The van der Waals surface area contributed by atoms with Crippen molar-refractivity contribution in [2.75, 3.05) is 6.61 Å². The van der Waals surface area contributed by atoms with Crippen LogP contribution in [0, 0.1) is 5.92 Å². The first-order chi connectivity index (χ1) is 10.2. The van der Waals surface area contributed by atoms with E-state index in [4.69, 9.17) is 9.15 Å². The minimum absolute atomic E-state index is 0.227. The van der Waals surface area contributed by atoms with Gasteiger partial charge in [0.15, 0.2) is 5.58 Å². The Kier molecular flexibility index (Phi) is 4.22. The van der Waals surface area contributed by atoms with Gasteiger partial charge in [-0.05, 0) is 37.5 Å². The Morgan fingerprint density at radius 2 is 2.24 bits per heavy atom. The third-order valence-corrected chi connectivity index (χ3v) is 5.57. The predicted molar refractivity (Wildman–Crippen MR) is 86.0 cm³/mol. The second-order valence-electron chi connectivity index (χ2n) is 5.51. The number of rotatable bonds is 4. The van der Waals surface area contributed by atoms with E-state index in [9.17, 15) is 4.79 Å². The summed E-state index contributed by atoms with van der Waals surface area (Å²) in [5.74, 6) is 0.179. The Morgan fingerprint density at radius 1 is 1.43 bits per heavy atom. The Bertz CT molecular complexity index is 690. The normalized spacial score (nSPS) is 23.8. The molecule has 1 aromatic carbocycles. The molecular formula is C16H20BrNO3. The van der Waals surface area contributed by atoms with Crippen molar-refractivity contribution >= 4 is 27.0 Å². The molecule has 114 valence electrons. The molecule has 0 amide bonds. The quantitative estimate of drug-likeness (QED) is 0.783. The lowest BCUT2D eigenvalue weighted by Gasteiger charge is -2.22. The van der Waals surface area contributed by atoms with Gasteiger partial charge >= 0.3 is 5.76 Å². The molecule has 2 heterocycles. The summed E-state index contributed by atoms with van der Waals surface area (Å²) in [7, 11) is 0. The molecule has 1 aliphatic heterocycles. The van der Waals surface area contributed by atoms with Crippen LogP contribution in [0.5, 0.6) is 0 Å². The average Bonchev–Trinajstić information content (AvgIpc) is 3.08. The number of aromatic nitrogens is 1. The van der Waals surface area contributed by atoms with Crippen LogP contribution in [0.15, 0.2) is 27.4 Å². The molecule has 1 aromatic heterocycles. The molecule has 3 atom stereocenters. The van der Waals surface area contributed by atoms with E-state index < -0.39 is 0 Å². The van der Waals surface area contributed by atoms with Gasteiger partial charge in [0.2, 0.25) is 0 Å². The first-order valence-corrected chi connectivity index (χ1v) is 8.46. The number of oxazole rings is 1. The second-order valence-corrected chi connectivity index (χ2v) is 6.50. The van der Waals surface area contributed by atoms with E-state index in [1.165, 1.54) is 0 Å². The average molecular weight is 354 g/mol. The van der Waals surface area contributed by atoms with Gasteiger partial charge < -0.3 is 9.15 Å². The molecule has 5 heteroatoms. The van der Waals surface area contributed by atoms with E-state index in [1.54, 1.807) is 4.57 Å². The summed E-state index contributed by atoms with van der Waals surface area (Å²) >= 11 is 3.82. The number of fused-ring (bicyclic) bond motifs is 1. The molecule has 0 radical (unpaired) electrons. The van der Waals surface area contributed by atoms with E-state index >= 15 is 0 Å². The largest absolute Gasteiger partial charge is 0.419 e. The van der Waals surface area contributed by atoms with Gasteiger partial charge in [-0.25, -0.2) is 4.79 Å². The van der Waals surface area contributed by atoms with Crippen LogP contribution >= 0.6 is 15.9 Å².